The maximum Gasteiger partial charge on any atom is 0.123 e. The van der Waals surface area contributed by atoms with Crippen molar-refractivity contribution >= 4 is 12.0 Å². The molecule has 23 heavy (non-hydrogen) atoms. The van der Waals surface area contributed by atoms with E-state index in [2.05, 4.69) is 4.90 Å². The van der Waals surface area contributed by atoms with Crippen LogP contribution in [0.25, 0.3) is 0 Å². The largest absolute Gasteiger partial charge is 0.489 e. The van der Waals surface area contributed by atoms with Gasteiger partial charge in [0, 0.05) is 24.7 Å². The number of carbonyl (C=O) groups excluding carboxylic acids is 1. The molecule has 3 rings (SSSR count). The molecule has 1 unspecified atom stereocenters. The predicted molar refractivity (Wildman–Crippen MR) is 88.2 cm³/mol. The van der Waals surface area contributed by atoms with Gasteiger partial charge in [-0.2, -0.15) is 0 Å². The molecule has 1 saturated heterocycles. The molecule has 0 aromatic heterocycles. The summed E-state index contributed by atoms with van der Waals surface area (Å²) < 4.78 is 18.8. The smallest absolute Gasteiger partial charge is 0.123 e. The number of halogens is 1. The highest BCUT2D eigenvalue weighted by atomic mass is 19.1. The van der Waals surface area contributed by atoms with E-state index in [0.29, 0.717) is 19.1 Å². The number of benzene rings is 2. The molecule has 1 atom stereocenters. The van der Waals surface area contributed by atoms with E-state index < -0.39 is 0 Å². The molecule has 2 aromatic rings. The summed E-state index contributed by atoms with van der Waals surface area (Å²) in [5.41, 5.74) is 1.92. The number of rotatable bonds is 6. The quantitative estimate of drug-likeness (QED) is 0.756. The molecular formula is C19H20FNO2. The Morgan fingerprint density at radius 3 is 2.78 bits per heavy atom. The number of aldehydes is 1. The molecule has 0 bridgehead atoms. The Balaban J connectivity index is 1.62. The molecule has 0 aliphatic carbocycles. The summed E-state index contributed by atoms with van der Waals surface area (Å²) in [5.74, 6) is 0.501. The lowest BCUT2D eigenvalue weighted by Crippen LogP contribution is -2.29. The second-order valence-corrected chi connectivity index (χ2v) is 5.80. The summed E-state index contributed by atoms with van der Waals surface area (Å²) in [5, 5.41) is 0. The standard InChI is InChI=1S/C19H20FNO2/c20-16-4-1-3-15(13-16)14-23-19-8-6-18(7-9-19)21-11-2-5-17(21)10-12-22/h1,3-4,6-9,12-13,17H,2,5,10-11,14H2. The maximum absolute atomic E-state index is 13.1. The third-order valence-corrected chi connectivity index (χ3v) is 4.21. The molecule has 2 aromatic carbocycles. The zero-order chi connectivity index (χ0) is 16.1. The van der Waals surface area contributed by atoms with Crippen LogP contribution in [0.5, 0.6) is 5.75 Å². The molecule has 1 aliphatic heterocycles. The van der Waals surface area contributed by atoms with Crippen LogP contribution >= 0.6 is 0 Å². The van der Waals surface area contributed by atoms with E-state index >= 15 is 0 Å². The van der Waals surface area contributed by atoms with Gasteiger partial charge in [-0.3, -0.25) is 0 Å². The minimum Gasteiger partial charge on any atom is -0.489 e. The van der Waals surface area contributed by atoms with Crippen molar-refractivity contribution in [3.63, 3.8) is 0 Å². The van der Waals surface area contributed by atoms with Crippen molar-refractivity contribution in [1.82, 2.24) is 0 Å². The van der Waals surface area contributed by atoms with Crippen molar-refractivity contribution in [3.05, 3.63) is 59.9 Å². The van der Waals surface area contributed by atoms with Gasteiger partial charge in [0.25, 0.3) is 0 Å². The molecule has 0 radical (unpaired) electrons. The fourth-order valence-corrected chi connectivity index (χ4v) is 3.06. The zero-order valence-electron chi connectivity index (χ0n) is 13.0. The van der Waals surface area contributed by atoms with Gasteiger partial charge in [-0.1, -0.05) is 12.1 Å². The number of anilines is 1. The highest BCUT2D eigenvalue weighted by Crippen LogP contribution is 2.28. The number of ether oxygens (including phenoxy) is 1. The van der Waals surface area contributed by atoms with Crippen molar-refractivity contribution in [3.8, 4) is 5.75 Å². The minimum absolute atomic E-state index is 0.253. The third kappa shape index (κ3) is 3.89. The summed E-state index contributed by atoms with van der Waals surface area (Å²) >= 11 is 0. The van der Waals surface area contributed by atoms with Gasteiger partial charge < -0.3 is 14.4 Å². The van der Waals surface area contributed by atoms with Crippen LogP contribution in [-0.4, -0.2) is 18.9 Å². The van der Waals surface area contributed by atoms with Crippen molar-refractivity contribution in [1.29, 1.82) is 0 Å². The molecule has 1 aliphatic rings. The molecule has 1 fully saturated rings. The third-order valence-electron chi connectivity index (χ3n) is 4.21. The monoisotopic (exact) mass is 313 g/mol. The minimum atomic E-state index is -0.253. The van der Waals surface area contributed by atoms with E-state index in [-0.39, 0.29) is 5.82 Å². The number of nitrogens with zero attached hydrogens (tertiary/aromatic N) is 1. The van der Waals surface area contributed by atoms with Gasteiger partial charge in [0.15, 0.2) is 0 Å². The van der Waals surface area contributed by atoms with Crippen molar-refractivity contribution < 1.29 is 13.9 Å². The molecule has 0 N–H and O–H groups in total. The van der Waals surface area contributed by atoms with Crippen molar-refractivity contribution in [2.45, 2.75) is 31.9 Å². The van der Waals surface area contributed by atoms with E-state index in [0.717, 1.165) is 42.7 Å². The van der Waals surface area contributed by atoms with Crippen LogP contribution < -0.4 is 9.64 Å². The van der Waals surface area contributed by atoms with Crippen LogP contribution in [0.2, 0.25) is 0 Å². The molecule has 0 spiro atoms. The van der Waals surface area contributed by atoms with Gasteiger partial charge in [-0.25, -0.2) is 4.39 Å². The van der Waals surface area contributed by atoms with Crippen LogP contribution in [0, 0.1) is 5.82 Å². The second-order valence-electron chi connectivity index (χ2n) is 5.80. The van der Waals surface area contributed by atoms with Gasteiger partial charge in [0.2, 0.25) is 0 Å². The highest BCUT2D eigenvalue weighted by molar-refractivity contribution is 5.56. The summed E-state index contributed by atoms with van der Waals surface area (Å²) in [7, 11) is 0. The molecule has 0 amide bonds. The molecule has 0 saturated carbocycles. The molecule has 120 valence electrons. The Labute approximate surface area is 135 Å². The number of hydrogen-bond acceptors (Lipinski definition) is 3. The lowest BCUT2D eigenvalue weighted by atomic mass is 10.1. The Kier molecular flexibility index (Phi) is 4.91. The molecular weight excluding hydrogens is 293 g/mol. The van der Waals surface area contributed by atoms with Gasteiger partial charge >= 0.3 is 0 Å². The van der Waals surface area contributed by atoms with Gasteiger partial charge in [-0.05, 0) is 54.8 Å². The summed E-state index contributed by atoms with van der Waals surface area (Å²) in [6.45, 7) is 1.33. The van der Waals surface area contributed by atoms with Crippen molar-refractivity contribution in [2.24, 2.45) is 0 Å². The Morgan fingerprint density at radius 1 is 1.22 bits per heavy atom. The van der Waals surface area contributed by atoms with Crippen LogP contribution in [0.3, 0.4) is 0 Å². The van der Waals surface area contributed by atoms with Crippen LogP contribution in [-0.2, 0) is 11.4 Å². The molecule has 4 heteroatoms. The topological polar surface area (TPSA) is 29.5 Å². The average molecular weight is 313 g/mol. The first-order chi connectivity index (χ1) is 11.3. The Hall–Kier alpha value is -2.36. The first-order valence-electron chi connectivity index (χ1n) is 7.94. The number of carbonyl (C=O) groups is 1. The maximum atomic E-state index is 13.1. The fourth-order valence-electron chi connectivity index (χ4n) is 3.06. The zero-order valence-corrected chi connectivity index (χ0v) is 13.0. The van der Waals surface area contributed by atoms with Gasteiger partial charge in [0.1, 0.15) is 24.5 Å². The predicted octanol–water partition coefficient (Wildman–Crippen LogP) is 3.96. The molecule has 3 nitrogen and oxygen atoms in total. The average Bonchev–Trinajstić information content (AvgIpc) is 3.02. The second kappa shape index (κ2) is 7.27. The van der Waals surface area contributed by atoms with Crippen LogP contribution in [0.1, 0.15) is 24.8 Å². The first kappa shape index (κ1) is 15.5. The SMILES string of the molecule is O=CCC1CCCN1c1ccc(OCc2cccc(F)c2)cc1. The summed E-state index contributed by atoms with van der Waals surface area (Å²) in [6.07, 6.45) is 3.77. The van der Waals surface area contributed by atoms with E-state index in [4.69, 9.17) is 4.74 Å². The highest BCUT2D eigenvalue weighted by Gasteiger charge is 2.24. The van der Waals surface area contributed by atoms with E-state index in [1.165, 1.54) is 12.1 Å². The Bertz CT molecular complexity index is 657. The van der Waals surface area contributed by atoms with E-state index in [9.17, 15) is 9.18 Å². The lowest BCUT2D eigenvalue weighted by Gasteiger charge is -2.25. The van der Waals surface area contributed by atoms with E-state index in [1.54, 1.807) is 6.07 Å². The fraction of sp³-hybridized carbons (Fsp3) is 0.316. The summed E-state index contributed by atoms with van der Waals surface area (Å²) in [6, 6.07) is 14.6. The first-order valence-corrected chi connectivity index (χ1v) is 7.94. The lowest BCUT2D eigenvalue weighted by molar-refractivity contribution is -0.108. The Morgan fingerprint density at radius 2 is 2.04 bits per heavy atom. The summed E-state index contributed by atoms with van der Waals surface area (Å²) in [4.78, 5) is 13.0. The van der Waals surface area contributed by atoms with Crippen LogP contribution in [0.4, 0.5) is 10.1 Å². The van der Waals surface area contributed by atoms with Gasteiger partial charge in [0.05, 0.1) is 0 Å². The molecule has 1 heterocycles. The van der Waals surface area contributed by atoms with Gasteiger partial charge in [-0.15, -0.1) is 0 Å². The normalized spacial score (nSPS) is 17.3. The van der Waals surface area contributed by atoms with Crippen molar-refractivity contribution in [2.75, 3.05) is 11.4 Å². The number of hydrogen-bond donors (Lipinski definition) is 0. The van der Waals surface area contributed by atoms with Crippen LogP contribution in [0.15, 0.2) is 48.5 Å². The van der Waals surface area contributed by atoms with E-state index in [1.807, 2.05) is 30.3 Å².